The van der Waals surface area contributed by atoms with Crippen molar-refractivity contribution in [1.82, 2.24) is 15.3 Å². The Hall–Kier alpha value is -3.56. The van der Waals surface area contributed by atoms with E-state index in [1.807, 2.05) is 0 Å². The van der Waals surface area contributed by atoms with Crippen LogP contribution in [0.15, 0.2) is 48.3 Å². The number of methoxy groups -OCH3 is 1. The fraction of sp³-hybridized carbons (Fsp3) is 0.211. The third-order valence-corrected chi connectivity index (χ3v) is 3.89. The molecule has 1 aromatic heterocycles. The summed E-state index contributed by atoms with van der Waals surface area (Å²) in [5, 5.41) is 4.48. The molecule has 1 unspecified atom stereocenters. The lowest BCUT2D eigenvalue weighted by molar-refractivity contribution is 0.251. The van der Waals surface area contributed by atoms with Gasteiger partial charge in [-0.1, -0.05) is 18.2 Å². The minimum Gasteiger partial charge on any atom is -0.494 e. The van der Waals surface area contributed by atoms with Crippen molar-refractivity contribution in [1.29, 1.82) is 0 Å². The smallest absolute Gasteiger partial charge is 0.324 e. The summed E-state index contributed by atoms with van der Waals surface area (Å²) in [5.41, 5.74) is 0.521. The van der Waals surface area contributed by atoms with Gasteiger partial charge in [0.1, 0.15) is 12.8 Å². The number of carbonyl (C=O) groups is 1. The third kappa shape index (κ3) is 5.24. The molecule has 2 aromatic rings. The molecule has 2 amide bonds. The highest BCUT2D eigenvalue weighted by molar-refractivity contribution is 5.89. The number of hydrogen-bond acceptors (Lipinski definition) is 5. The monoisotopic (exact) mass is 406 g/mol. The Morgan fingerprint density at radius 1 is 1.28 bits per heavy atom. The van der Waals surface area contributed by atoms with Crippen molar-refractivity contribution in [3.63, 3.8) is 0 Å². The predicted molar refractivity (Wildman–Crippen MR) is 98.2 cm³/mol. The summed E-state index contributed by atoms with van der Waals surface area (Å²) in [5.74, 6) is -1.83. The molecule has 1 aliphatic carbocycles. The maximum atomic E-state index is 13.9. The van der Waals surface area contributed by atoms with Gasteiger partial charge in [-0.25, -0.2) is 22.9 Å². The van der Waals surface area contributed by atoms with Gasteiger partial charge in [-0.15, -0.1) is 0 Å². The number of allylic oxidation sites excluding steroid dienone is 4. The second kappa shape index (κ2) is 9.09. The van der Waals surface area contributed by atoms with Crippen LogP contribution in [0.4, 0.5) is 23.8 Å². The number of urea groups is 1. The van der Waals surface area contributed by atoms with E-state index < -0.39 is 29.7 Å². The second-order valence-corrected chi connectivity index (χ2v) is 5.94. The van der Waals surface area contributed by atoms with Gasteiger partial charge in [0.05, 0.1) is 19.0 Å². The summed E-state index contributed by atoms with van der Waals surface area (Å²) in [6.45, 7) is -0.0963. The molecule has 152 valence electrons. The van der Waals surface area contributed by atoms with Crippen LogP contribution in [0.25, 0.3) is 0 Å². The first kappa shape index (κ1) is 20.2. The first-order valence-corrected chi connectivity index (χ1v) is 8.53. The molecule has 0 radical (unpaired) electrons. The van der Waals surface area contributed by atoms with E-state index in [0.717, 1.165) is 6.20 Å². The minimum atomic E-state index is -1.36. The molecule has 0 fully saturated rings. The molecule has 0 bridgehead atoms. The molecule has 0 aliphatic heterocycles. The predicted octanol–water partition coefficient (Wildman–Crippen LogP) is 3.65. The topological polar surface area (TPSA) is 85.4 Å². The van der Waals surface area contributed by atoms with Crippen LogP contribution in [0.3, 0.4) is 0 Å². The van der Waals surface area contributed by atoms with E-state index in [4.69, 9.17) is 9.47 Å². The van der Waals surface area contributed by atoms with Crippen molar-refractivity contribution in [3.8, 4) is 11.8 Å². The maximum Gasteiger partial charge on any atom is 0.324 e. The van der Waals surface area contributed by atoms with Crippen molar-refractivity contribution in [3.05, 3.63) is 65.5 Å². The van der Waals surface area contributed by atoms with E-state index in [0.29, 0.717) is 5.56 Å². The first-order chi connectivity index (χ1) is 14.0. The van der Waals surface area contributed by atoms with Crippen LogP contribution >= 0.6 is 0 Å². The molecule has 1 atom stereocenters. The molecule has 3 rings (SSSR count). The van der Waals surface area contributed by atoms with Crippen molar-refractivity contribution in [2.24, 2.45) is 0 Å². The number of aromatic nitrogens is 2. The lowest BCUT2D eigenvalue weighted by Crippen LogP contribution is -2.33. The lowest BCUT2D eigenvalue weighted by atomic mass is 10.1. The van der Waals surface area contributed by atoms with Crippen LogP contribution in [-0.4, -0.2) is 29.3 Å². The zero-order valence-electron chi connectivity index (χ0n) is 15.3. The van der Waals surface area contributed by atoms with E-state index in [-0.39, 0.29) is 30.5 Å². The molecular formula is C19H17F3N4O3. The summed E-state index contributed by atoms with van der Waals surface area (Å²) in [6, 6.07) is 3.13. The Kier molecular flexibility index (Phi) is 6.32. The van der Waals surface area contributed by atoms with E-state index in [1.54, 1.807) is 18.2 Å². The molecule has 1 heterocycles. The van der Waals surface area contributed by atoms with Crippen LogP contribution in [0, 0.1) is 11.6 Å². The summed E-state index contributed by atoms with van der Waals surface area (Å²) < 4.78 is 51.5. The van der Waals surface area contributed by atoms with Crippen LogP contribution in [0.5, 0.6) is 11.8 Å². The molecule has 7 nitrogen and oxygen atoms in total. The molecule has 1 aromatic carbocycles. The minimum absolute atomic E-state index is 0.0532. The molecule has 2 N–H and O–H groups in total. The number of carbonyl (C=O) groups excluding carboxylic acids is 1. The van der Waals surface area contributed by atoms with Gasteiger partial charge in [-0.2, -0.15) is 4.98 Å². The van der Waals surface area contributed by atoms with Crippen molar-refractivity contribution in [2.75, 3.05) is 12.4 Å². The Balaban J connectivity index is 1.63. The summed E-state index contributed by atoms with van der Waals surface area (Å²) in [6.07, 6.45) is 4.23. The molecule has 0 spiro atoms. The van der Waals surface area contributed by atoms with Gasteiger partial charge in [0.15, 0.2) is 23.2 Å². The fourth-order valence-corrected chi connectivity index (χ4v) is 2.45. The van der Waals surface area contributed by atoms with Crippen LogP contribution in [-0.2, 0) is 6.61 Å². The number of rotatable bonds is 6. The number of nitrogens with zero attached hydrogens (tertiary/aromatic N) is 2. The van der Waals surface area contributed by atoms with Crippen molar-refractivity contribution < 1.29 is 27.4 Å². The largest absolute Gasteiger partial charge is 0.494 e. The molecule has 1 aliphatic rings. The van der Waals surface area contributed by atoms with E-state index >= 15 is 0 Å². The summed E-state index contributed by atoms with van der Waals surface area (Å²) in [7, 11) is 1.35. The maximum absolute atomic E-state index is 13.9. The zero-order chi connectivity index (χ0) is 20.8. The normalized spacial score (nSPS) is 15.4. The van der Waals surface area contributed by atoms with E-state index in [1.165, 1.54) is 25.3 Å². The molecule has 0 saturated carbocycles. The fourth-order valence-electron chi connectivity index (χ4n) is 2.45. The average molecular weight is 406 g/mol. The van der Waals surface area contributed by atoms with Crippen LogP contribution in [0.1, 0.15) is 12.0 Å². The van der Waals surface area contributed by atoms with E-state index in [9.17, 15) is 18.0 Å². The summed E-state index contributed by atoms with van der Waals surface area (Å²) >= 11 is 0. The average Bonchev–Trinajstić information content (AvgIpc) is 2.70. The molecular weight excluding hydrogens is 389 g/mol. The van der Waals surface area contributed by atoms with Crippen molar-refractivity contribution >= 4 is 11.8 Å². The van der Waals surface area contributed by atoms with Gasteiger partial charge < -0.3 is 14.8 Å². The highest BCUT2D eigenvalue weighted by atomic mass is 19.1. The number of ether oxygens (including phenoxy) is 2. The van der Waals surface area contributed by atoms with E-state index in [2.05, 4.69) is 20.6 Å². The Morgan fingerprint density at radius 3 is 2.83 bits per heavy atom. The Bertz CT molecular complexity index is 966. The number of anilines is 1. The number of hydrogen-bond donors (Lipinski definition) is 2. The van der Waals surface area contributed by atoms with Gasteiger partial charge in [-0.3, -0.25) is 5.32 Å². The van der Waals surface area contributed by atoms with Gasteiger partial charge in [0, 0.05) is 6.42 Å². The number of amides is 2. The SMILES string of the molecule is COc1ccc(COc2ncc(F)c(NC(=O)NC3=CC=CCC3F)n2)cc1F. The molecule has 0 saturated heterocycles. The summed E-state index contributed by atoms with van der Waals surface area (Å²) in [4.78, 5) is 19.4. The molecule has 29 heavy (non-hydrogen) atoms. The second-order valence-electron chi connectivity index (χ2n) is 5.94. The van der Waals surface area contributed by atoms with Gasteiger partial charge >= 0.3 is 12.0 Å². The number of halogens is 3. The standard InChI is InChI=1S/C19H17F3N4O3/c1-28-16-7-6-11(8-13(16)21)10-29-19-23-9-14(22)17(26-19)25-18(27)24-15-5-3-2-4-12(15)20/h2-3,5-9,12H,4,10H2,1H3,(H2,23,24,25,26,27). The quantitative estimate of drug-likeness (QED) is 0.765. The molecule has 10 heteroatoms. The van der Waals surface area contributed by atoms with Gasteiger partial charge in [0.25, 0.3) is 0 Å². The number of nitrogens with one attached hydrogen (secondary N) is 2. The first-order valence-electron chi connectivity index (χ1n) is 8.53. The Morgan fingerprint density at radius 2 is 2.10 bits per heavy atom. The highest BCUT2D eigenvalue weighted by Gasteiger charge is 2.18. The highest BCUT2D eigenvalue weighted by Crippen LogP contribution is 2.20. The van der Waals surface area contributed by atoms with Crippen LogP contribution in [0.2, 0.25) is 0 Å². The van der Waals surface area contributed by atoms with Crippen molar-refractivity contribution in [2.45, 2.75) is 19.2 Å². The zero-order valence-corrected chi connectivity index (χ0v) is 15.3. The van der Waals surface area contributed by atoms with Gasteiger partial charge in [0.2, 0.25) is 0 Å². The Labute approximate surface area is 164 Å². The van der Waals surface area contributed by atoms with Gasteiger partial charge in [-0.05, 0) is 23.8 Å². The number of alkyl halides is 1. The third-order valence-electron chi connectivity index (χ3n) is 3.89. The van der Waals surface area contributed by atoms with Crippen LogP contribution < -0.4 is 20.1 Å². The lowest BCUT2D eigenvalue weighted by Gasteiger charge is -2.15. The number of benzene rings is 1.